The molecule has 0 amide bonds. The second kappa shape index (κ2) is 15.4. The normalized spacial score (nSPS) is 22.4. The van der Waals surface area contributed by atoms with Gasteiger partial charge in [-0.3, -0.25) is 4.79 Å². The Bertz CT molecular complexity index is 1080. The lowest BCUT2D eigenvalue weighted by Gasteiger charge is -2.43. The number of aliphatic hydroxyl groups is 2. The zero-order valence-electron chi connectivity index (χ0n) is 27.1. The smallest absolute Gasteiger partial charge is 0.261 e. The fourth-order valence-electron chi connectivity index (χ4n) is 6.13. The van der Waals surface area contributed by atoms with Crippen LogP contribution >= 0.6 is 0 Å². The van der Waals surface area contributed by atoms with E-state index in [9.17, 15) is 15.0 Å². The molecule has 7 atom stereocenters. The van der Waals surface area contributed by atoms with Crippen LogP contribution in [0, 0.1) is 5.92 Å². The van der Waals surface area contributed by atoms with E-state index in [0.717, 1.165) is 16.8 Å². The van der Waals surface area contributed by atoms with Crippen LogP contribution < -0.4 is 10.4 Å². The van der Waals surface area contributed by atoms with E-state index in [2.05, 4.69) is 45.0 Å². The number of aliphatic hydroxyl groups excluding tert-OH is 2. The lowest BCUT2D eigenvalue weighted by atomic mass is 9.86. The van der Waals surface area contributed by atoms with E-state index in [4.69, 9.17) is 23.4 Å². The highest BCUT2D eigenvalue weighted by molar-refractivity contribution is 6.99. The first-order chi connectivity index (χ1) is 20.4. The molecule has 1 aliphatic rings. The number of rotatable bonds is 18. The Morgan fingerprint density at radius 3 is 2.00 bits per heavy atom. The summed E-state index contributed by atoms with van der Waals surface area (Å²) in [4.78, 5) is 13.5. The van der Waals surface area contributed by atoms with E-state index in [1.54, 1.807) is 28.1 Å². The van der Waals surface area contributed by atoms with Crippen LogP contribution in [0.25, 0.3) is 0 Å². The predicted octanol–water partition coefficient (Wildman–Crippen LogP) is 3.49. The van der Waals surface area contributed by atoms with Crippen molar-refractivity contribution in [1.29, 1.82) is 0 Å². The van der Waals surface area contributed by atoms with Crippen LogP contribution in [0.3, 0.4) is 0 Å². The van der Waals surface area contributed by atoms with Crippen LogP contribution in [0.1, 0.15) is 53.9 Å². The number of carbonyl (C=O) groups excluding carboxylic acids is 1. The number of Topliss-reactive ketones (excluding diaryl/α,β-unsaturated/α-hetero) is 1. The van der Waals surface area contributed by atoms with Crippen LogP contribution in [-0.2, 0) is 28.2 Å². The molecule has 1 fully saturated rings. The average Bonchev–Trinajstić information content (AvgIpc) is 3.67. The number of epoxide rings is 1. The van der Waals surface area contributed by atoms with Gasteiger partial charge in [0.15, 0.2) is 5.78 Å². The van der Waals surface area contributed by atoms with Crippen molar-refractivity contribution in [3.05, 3.63) is 60.7 Å². The third-order valence-electron chi connectivity index (χ3n) is 8.97. The van der Waals surface area contributed by atoms with Crippen molar-refractivity contribution in [3.63, 3.8) is 0 Å². The van der Waals surface area contributed by atoms with Crippen LogP contribution in [-0.4, -0.2) is 95.0 Å². The Balaban J connectivity index is 1.73. The Kier molecular flexibility index (Phi) is 12.7. The van der Waals surface area contributed by atoms with Crippen molar-refractivity contribution in [3.8, 4) is 0 Å². The maximum atomic E-state index is 13.5. The zero-order chi connectivity index (χ0) is 31.8. The highest BCUT2D eigenvalue weighted by atomic mass is 28.4. The molecule has 9 heteroatoms. The molecule has 0 aromatic heterocycles. The first-order valence-electron chi connectivity index (χ1n) is 15.2. The Morgan fingerprint density at radius 1 is 0.977 bits per heavy atom. The minimum atomic E-state index is -2.80. The number of ketones is 1. The molecule has 0 unspecified atom stereocenters. The summed E-state index contributed by atoms with van der Waals surface area (Å²) in [5.41, 5.74) is -0.882. The van der Waals surface area contributed by atoms with E-state index >= 15 is 0 Å². The molecule has 1 saturated heterocycles. The Hall–Kier alpha value is -1.95. The Morgan fingerprint density at radius 2 is 1.53 bits per heavy atom. The highest BCUT2D eigenvalue weighted by Gasteiger charge is 2.60. The van der Waals surface area contributed by atoms with Gasteiger partial charge in [-0.05, 0) is 35.2 Å². The fraction of sp³-hybridized carbons (Fsp3) is 0.618. The lowest BCUT2D eigenvalue weighted by Crippen LogP contribution is -2.67. The summed E-state index contributed by atoms with van der Waals surface area (Å²) in [5, 5.41) is 24.4. The molecule has 0 bridgehead atoms. The van der Waals surface area contributed by atoms with Crippen molar-refractivity contribution in [2.24, 2.45) is 5.92 Å². The van der Waals surface area contributed by atoms with Gasteiger partial charge in [-0.2, -0.15) is 0 Å². The molecule has 8 nitrogen and oxygen atoms in total. The molecule has 43 heavy (non-hydrogen) atoms. The van der Waals surface area contributed by atoms with Gasteiger partial charge >= 0.3 is 0 Å². The largest absolute Gasteiger partial charge is 0.405 e. The van der Waals surface area contributed by atoms with E-state index in [1.165, 1.54) is 7.11 Å². The third kappa shape index (κ3) is 8.01. The van der Waals surface area contributed by atoms with Crippen LogP contribution in [0.2, 0.25) is 5.04 Å². The molecule has 0 radical (unpaired) electrons. The van der Waals surface area contributed by atoms with E-state index in [0.29, 0.717) is 13.0 Å². The van der Waals surface area contributed by atoms with E-state index in [-0.39, 0.29) is 30.0 Å². The lowest BCUT2D eigenvalue weighted by molar-refractivity contribution is -0.146. The number of ether oxygens (including phenoxy) is 4. The number of methoxy groups -OCH3 is 3. The van der Waals surface area contributed by atoms with E-state index in [1.807, 2.05) is 36.4 Å². The second-order valence-corrected chi connectivity index (χ2v) is 17.2. The van der Waals surface area contributed by atoms with Crippen molar-refractivity contribution in [1.82, 2.24) is 0 Å². The standard InChI is InChI=1S/C34H52O8Si/c1-24(30(36)31(40-8)32(37)34(5)29(42-34)20-15-21-38-6)28(35)22-25(39-7)23-41-43(33(2,3)4,26-16-11-9-12-17-26)27-18-13-10-14-19-27/h9-14,16-19,24-25,28-29,31-32,35,37H,15,20-23H2,1-8H3/t24-,25+,28+,29-,31+,32-,34+/m1/s1/i36+2. The van der Waals surface area contributed by atoms with Crippen LogP contribution in [0.4, 0.5) is 0 Å². The van der Waals surface area contributed by atoms with Gasteiger partial charge < -0.3 is 33.6 Å². The first kappa shape index (κ1) is 35.5. The quantitative estimate of drug-likeness (QED) is 0.113. The molecule has 0 saturated carbocycles. The molecule has 3 rings (SSSR count). The second-order valence-electron chi connectivity index (χ2n) is 12.9. The minimum Gasteiger partial charge on any atom is -0.405 e. The summed E-state index contributed by atoms with van der Waals surface area (Å²) in [6, 6.07) is 20.7. The van der Waals surface area contributed by atoms with Gasteiger partial charge in [0.1, 0.15) is 17.8 Å². The van der Waals surface area contributed by atoms with E-state index < -0.39 is 44.3 Å². The van der Waals surface area contributed by atoms with Crippen molar-refractivity contribution in [2.75, 3.05) is 34.5 Å². The minimum absolute atomic E-state index is 0.181. The molecule has 240 valence electrons. The maximum absolute atomic E-state index is 13.5. The molecule has 1 heterocycles. The molecule has 0 aliphatic carbocycles. The number of benzene rings is 2. The molecule has 0 spiro atoms. The number of hydrogen-bond donors (Lipinski definition) is 2. The number of hydrogen-bond acceptors (Lipinski definition) is 8. The molecule has 2 N–H and O–H groups in total. The Labute approximate surface area is 258 Å². The fourth-order valence-corrected chi connectivity index (χ4v) is 10.7. The topological polar surface area (TPSA) is 107 Å². The predicted molar refractivity (Wildman–Crippen MR) is 170 cm³/mol. The van der Waals surface area contributed by atoms with Gasteiger partial charge in [-0.15, -0.1) is 0 Å². The summed E-state index contributed by atoms with van der Waals surface area (Å²) < 4.78 is 29.2. The maximum Gasteiger partial charge on any atom is 0.261 e. The monoisotopic (exact) mass is 618 g/mol. The third-order valence-corrected chi connectivity index (χ3v) is 14.0. The molecule has 2 aromatic rings. The first-order valence-corrected chi connectivity index (χ1v) is 17.1. The van der Waals surface area contributed by atoms with Crippen molar-refractivity contribution < 1.29 is 38.4 Å². The SMILES string of the molecule is COCCC[C@H]1O[C@]1(C)[C@H](O)[C@@H](OC)C(=[18O])[C@H](C)[C@@H](O)C[C@@H](CO[Si](c1ccccc1)(c1ccccc1)C(C)(C)C)OC. The van der Waals surface area contributed by atoms with Gasteiger partial charge in [-0.1, -0.05) is 88.4 Å². The van der Waals surface area contributed by atoms with Gasteiger partial charge in [0.2, 0.25) is 0 Å². The summed E-state index contributed by atoms with van der Waals surface area (Å²) in [7, 11) is 1.83. The summed E-state index contributed by atoms with van der Waals surface area (Å²) in [6.45, 7) is 10.9. The number of carbonyl (C=O) groups is 1. The molecular weight excluding hydrogens is 566 g/mol. The molecular formula is C34H52O8Si. The van der Waals surface area contributed by atoms with Crippen LogP contribution in [0.5, 0.6) is 0 Å². The molecule has 1 aliphatic heterocycles. The summed E-state index contributed by atoms with van der Waals surface area (Å²) in [6.07, 6.45) is -2.28. The van der Waals surface area contributed by atoms with Crippen molar-refractivity contribution >= 4 is 24.5 Å². The summed E-state index contributed by atoms with van der Waals surface area (Å²) in [5.74, 6) is -1.18. The zero-order valence-corrected chi connectivity index (χ0v) is 28.1. The van der Waals surface area contributed by atoms with Gasteiger partial charge in [0.25, 0.3) is 8.32 Å². The molecule has 2 aromatic carbocycles. The van der Waals surface area contributed by atoms with Gasteiger partial charge in [0.05, 0.1) is 24.9 Å². The highest BCUT2D eigenvalue weighted by Crippen LogP contribution is 2.44. The van der Waals surface area contributed by atoms with Gasteiger partial charge in [0, 0.05) is 40.3 Å². The summed E-state index contributed by atoms with van der Waals surface area (Å²) >= 11 is 0. The van der Waals surface area contributed by atoms with Gasteiger partial charge in [-0.25, -0.2) is 0 Å². The van der Waals surface area contributed by atoms with Crippen LogP contribution in [0.15, 0.2) is 60.7 Å². The average molecular weight is 619 g/mol. The van der Waals surface area contributed by atoms with Crippen molar-refractivity contribution in [2.45, 2.75) is 95.0 Å².